The molecule has 102 valence electrons. The highest BCUT2D eigenvalue weighted by atomic mass is 32.1. The minimum Gasteiger partial charge on any atom is -0.381 e. The fourth-order valence-electron chi connectivity index (χ4n) is 1.37. The van der Waals surface area contributed by atoms with E-state index in [1.165, 1.54) is 11.3 Å². The maximum Gasteiger partial charge on any atom is 0.270 e. The number of ether oxygens (including phenoxy) is 1. The van der Waals surface area contributed by atoms with Crippen LogP contribution in [-0.4, -0.2) is 37.2 Å². The third-order valence-corrected chi connectivity index (χ3v) is 3.15. The predicted molar refractivity (Wildman–Crippen MR) is 72.9 cm³/mol. The highest BCUT2D eigenvalue weighted by Crippen LogP contribution is 2.09. The zero-order valence-electron chi connectivity index (χ0n) is 10.8. The van der Waals surface area contributed by atoms with Crippen molar-refractivity contribution in [1.82, 2.24) is 10.3 Å². The summed E-state index contributed by atoms with van der Waals surface area (Å²) in [4.78, 5) is 15.9. The summed E-state index contributed by atoms with van der Waals surface area (Å²) >= 11 is 1.48. The van der Waals surface area contributed by atoms with Crippen LogP contribution in [0.1, 0.15) is 35.3 Å². The molecule has 0 aromatic carbocycles. The molecule has 0 saturated heterocycles. The lowest BCUT2D eigenvalue weighted by molar-refractivity contribution is 0.0937. The maximum absolute atomic E-state index is 11.7. The predicted octanol–water partition coefficient (Wildman–Crippen LogP) is 1.19. The second-order valence-corrected chi connectivity index (χ2v) is 4.83. The molecule has 1 amide bonds. The van der Waals surface area contributed by atoms with Crippen molar-refractivity contribution < 1.29 is 9.53 Å². The summed E-state index contributed by atoms with van der Waals surface area (Å²) < 4.78 is 5.33. The van der Waals surface area contributed by atoms with Crippen molar-refractivity contribution in [2.24, 2.45) is 5.73 Å². The molecule has 0 radical (unpaired) electrons. The van der Waals surface area contributed by atoms with Gasteiger partial charge in [0.05, 0.1) is 5.01 Å². The molecule has 0 bridgehead atoms. The van der Waals surface area contributed by atoms with Crippen LogP contribution in [0.4, 0.5) is 0 Å². The van der Waals surface area contributed by atoms with Gasteiger partial charge in [-0.2, -0.15) is 0 Å². The summed E-state index contributed by atoms with van der Waals surface area (Å²) in [6.07, 6.45) is 2.57. The number of nitrogens with zero attached hydrogens (tertiary/aromatic N) is 1. The van der Waals surface area contributed by atoms with Gasteiger partial charge < -0.3 is 15.8 Å². The van der Waals surface area contributed by atoms with E-state index in [0.717, 1.165) is 30.9 Å². The third-order valence-electron chi connectivity index (χ3n) is 2.24. The van der Waals surface area contributed by atoms with Crippen molar-refractivity contribution in [1.29, 1.82) is 0 Å². The van der Waals surface area contributed by atoms with Gasteiger partial charge in [-0.15, -0.1) is 11.3 Å². The molecule has 0 unspecified atom stereocenters. The summed E-state index contributed by atoms with van der Waals surface area (Å²) in [7, 11) is 0. The van der Waals surface area contributed by atoms with Crippen LogP contribution in [0.15, 0.2) is 5.38 Å². The standard InChI is InChI=1S/C12H21N3O2S/c1-2-7-17-8-3-6-14-12(16)10-9-18-11(15-10)4-5-13/h9H,2-8,13H2,1H3,(H,14,16). The molecule has 1 aromatic rings. The van der Waals surface area contributed by atoms with Crippen LogP contribution in [0, 0.1) is 0 Å². The van der Waals surface area contributed by atoms with E-state index in [-0.39, 0.29) is 5.91 Å². The van der Waals surface area contributed by atoms with E-state index in [1.807, 2.05) is 0 Å². The van der Waals surface area contributed by atoms with E-state index >= 15 is 0 Å². The number of nitrogens with one attached hydrogen (secondary N) is 1. The Bertz CT molecular complexity index is 355. The molecular weight excluding hydrogens is 250 g/mol. The fourth-order valence-corrected chi connectivity index (χ4v) is 2.16. The number of aromatic nitrogens is 1. The number of amides is 1. The fraction of sp³-hybridized carbons (Fsp3) is 0.667. The van der Waals surface area contributed by atoms with Gasteiger partial charge in [-0.1, -0.05) is 6.92 Å². The molecule has 6 heteroatoms. The first-order valence-electron chi connectivity index (χ1n) is 6.28. The molecule has 3 N–H and O–H groups in total. The zero-order chi connectivity index (χ0) is 13.2. The van der Waals surface area contributed by atoms with Gasteiger partial charge in [-0.3, -0.25) is 4.79 Å². The summed E-state index contributed by atoms with van der Waals surface area (Å²) in [5.74, 6) is -0.120. The lowest BCUT2D eigenvalue weighted by Gasteiger charge is -2.04. The molecule has 5 nitrogen and oxygen atoms in total. The van der Waals surface area contributed by atoms with Crippen LogP contribution in [-0.2, 0) is 11.2 Å². The highest BCUT2D eigenvalue weighted by Gasteiger charge is 2.09. The van der Waals surface area contributed by atoms with Crippen LogP contribution in [0.5, 0.6) is 0 Å². The molecule has 0 atom stereocenters. The monoisotopic (exact) mass is 271 g/mol. The number of thiazole rings is 1. The van der Waals surface area contributed by atoms with Crippen LogP contribution in [0.3, 0.4) is 0 Å². The zero-order valence-corrected chi connectivity index (χ0v) is 11.6. The molecule has 0 aliphatic carbocycles. The van der Waals surface area contributed by atoms with Gasteiger partial charge in [-0.05, 0) is 19.4 Å². The molecule has 0 aliphatic rings. The van der Waals surface area contributed by atoms with E-state index in [0.29, 0.717) is 25.4 Å². The Hall–Kier alpha value is -0.980. The minimum atomic E-state index is -0.120. The Morgan fingerprint density at radius 1 is 1.56 bits per heavy atom. The van der Waals surface area contributed by atoms with E-state index in [9.17, 15) is 4.79 Å². The van der Waals surface area contributed by atoms with Crippen LogP contribution in [0.25, 0.3) is 0 Å². The van der Waals surface area contributed by atoms with E-state index < -0.39 is 0 Å². The summed E-state index contributed by atoms with van der Waals surface area (Å²) in [5, 5.41) is 5.51. The van der Waals surface area contributed by atoms with E-state index in [1.54, 1.807) is 5.38 Å². The molecule has 0 fully saturated rings. The van der Waals surface area contributed by atoms with Gasteiger partial charge in [0.15, 0.2) is 0 Å². The number of nitrogens with two attached hydrogens (primary N) is 1. The number of hydrogen-bond acceptors (Lipinski definition) is 5. The number of hydrogen-bond donors (Lipinski definition) is 2. The Balaban J connectivity index is 2.19. The van der Waals surface area contributed by atoms with Gasteiger partial charge in [0.2, 0.25) is 0 Å². The SMILES string of the molecule is CCCOCCCNC(=O)c1csc(CCN)n1. The van der Waals surface area contributed by atoms with Gasteiger partial charge in [0.1, 0.15) is 5.69 Å². The first kappa shape index (κ1) is 15.1. The highest BCUT2D eigenvalue weighted by molar-refractivity contribution is 7.09. The molecule has 1 heterocycles. The third kappa shape index (κ3) is 5.57. The second-order valence-electron chi connectivity index (χ2n) is 3.89. The number of carbonyl (C=O) groups is 1. The van der Waals surface area contributed by atoms with Crippen molar-refractivity contribution >= 4 is 17.2 Å². The lowest BCUT2D eigenvalue weighted by Crippen LogP contribution is -2.25. The molecule has 0 spiro atoms. The smallest absolute Gasteiger partial charge is 0.270 e. The first-order valence-corrected chi connectivity index (χ1v) is 7.16. The summed E-state index contributed by atoms with van der Waals surface area (Å²) in [6.45, 7) is 4.71. The maximum atomic E-state index is 11.7. The molecule has 0 saturated carbocycles. The molecule has 0 aliphatic heterocycles. The lowest BCUT2D eigenvalue weighted by atomic mass is 10.4. The Morgan fingerprint density at radius 2 is 2.39 bits per heavy atom. The van der Waals surface area contributed by atoms with Gasteiger partial charge in [0.25, 0.3) is 5.91 Å². The largest absolute Gasteiger partial charge is 0.381 e. The number of rotatable bonds is 9. The Labute approximate surface area is 112 Å². The second kappa shape index (κ2) is 9.02. The van der Waals surface area contributed by atoms with Crippen LogP contribution < -0.4 is 11.1 Å². The van der Waals surface area contributed by atoms with Crippen molar-refractivity contribution in [3.8, 4) is 0 Å². The Kier molecular flexibility index (Phi) is 7.55. The van der Waals surface area contributed by atoms with Crippen molar-refractivity contribution in [3.05, 3.63) is 16.1 Å². The Morgan fingerprint density at radius 3 is 3.11 bits per heavy atom. The van der Waals surface area contributed by atoms with Gasteiger partial charge >= 0.3 is 0 Å². The van der Waals surface area contributed by atoms with Crippen molar-refractivity contribution in [2.75, 3.05) is 26.3 Å². The van der Waals surface area contributed by atoms with E-state index in [4.69, 9.17) is 10.5 Å². The molecule has 18 heavy (non-hydrogen) atoms. The topological polar surface area (TPSA) is 77.2 Å². The summed E-state index contributed by atoms with van der Waals surface area (Å²) in [5.41, 5.74) is 5.92. The summed E-state index contributed by atoms with van der Waals surface area (Å²) in [6, 6.07) is 0. The number of carbonyl (C=O) groups excluding carboxylic acids is 1. The van der Waals surface area contributed by atoms with Crippen molar-refractivity contribution in [3.63, 3.8) is 0 Å². The normalized spacial score (nSPS) is 10.6. The quantitative estimate of drug-likeness (QED) is 0.661. The molecule has 1 aromatic heterocycles. The molecular formula is C12H21N3O2S. The minimum absolute atomic E-state index is 0.120. The van der Waals surface area contributed by atoms with Crippen LogP contribution >= 0.6 is 11.3 Å². The van der Waals surface area contributed by atoms with Gasteiger partial charge in [0, 0.05) is 31.6 Å². The van der Waals surface area contributed by atoms with Gasteiger partial charge in [-0.25, -0.2) is 4.98 Å². The average Bonchev–Trinajstić information content (AvgIpc) is 2.82. The average molecular weight is 271 g/mol. The molecule has 1 rings (SSSR count). The van der Waals surface area contributed by atoms with Crippen LogP contribution in [0.2, 0.25) is 0 Å². The first-order chi connectivity index (χ1) is 8.77. The van der Waals surface area contributed by atoms with E-state index in [2.05, 4.69) is 17.2 Å². The van der Waals surface area contributed by atoms with Crippen molar-refractivity contribution in [2.45, 2.75) is 26.2 Å².